The number of aliphatic hydroxyl groups is 1. The zero-order chi connectivity index (χ0) is 9.90. The fraction of sp³-hybridized carbons (Fsp3) is 0.818. The molecule has 1 aliphatic rings. The van der Waals surface area contributed by atoms with E-state index in [2.05, 4.69) is 13.8 Å². The molecule has 1 unspecified atom stereocenters. The highest BCUT2D eigenvalue weighted by Crippen LogP contribution is 2.33. The second-order valence-electron chi connectivity index (χ2n) is 4.05. The van der Waals surface area contributed by atoms with Gasteiger partial charge < -0.3 is 9.84 Å². The van der Waals surface area contributed by atoms with Crippen LogP contribution in [0.3, 0.4) is 0 Å². The molecule has 0 bridgehead atoms. The van der Waals surface area contributed by atoms with Crippen molar-refractivity contribution in [3.05, 3.63) is 11.8 Å². The first-order chi connectivity index (χ1) is 6.11. The lowest BCUT2D eigenvalue weighted by atomic mass is 9.79. The van der Waals surface area contributed by atoms with E-state index in [-0.39, 0.29) is 5.92 Å². The summed E-state index contributed by atoms with van der Waals surface area (Å²) in [5.74, 6) is 0.255. The van der Waals surface area contributed by atoms with Crippen LogP contribution >= 0.6 is 0 Å². The molecule has 13 heavy (non-hydrogen) atoms. The van der Waals surface area contributed by atoms with E-state index < -0.39 is 5.60 Å². The Balaban J connectivity index is 2.80. The van der Waals surface area contributed by atoms with Crippen molar-refractivity contribution in [1.82, 2.24) is 0 Å². The van der Waals surface area contributed by atoms with Crippen LogP contribution < -0.4 is 0 Å². The lowest BCUT2D eigenvalue weighted by molar-refractivity contribution is 0.0157. The normalized spacial score (nSPS) is 22.1. The number of ether oxygens (including phenoxy) is 1. The minimum Gasteiger partial charge on any atom is -0.501 e. The van der Waals surface area contributed by atoms with Gasteiger partial charge in [-0.15, -0.1) is 0 Å². The minimum absolute atomic E-state index is 0.255. The third-order valence-electron chi connectivity index (χ3n) is 2.98. The van der Waals surface area contributed by atoms with Gasteiger partial charge in [0.25, 0.3) is 0 Å². The van der Waals surface area contributed by atoms with Gasteiger partial charge in [0.2, 0.25) is 0 Å². The molecule has 0 saturated carbocycles. The second-order valence-corrected chi connectivity index (χ2v) is 4.05. The maximum absolute atomic E-state index is 10.4. The topological polar surface area (TPSA) is 29.5 Å². The van der Waals surface area contributed by atoms with E-state index in [1.165, 1.54) is 0 Å². The van der Waals surface area contributed by atoms with Crippen molar-refractivity contribution in [2.45, 2.75) is 45.6 Å². The third kappa shape index (κ3) is 2.05. The molecule has 0 aromatic carbocycles. The van der Waals surface area contributed by atoms with Gasteiger partial charge in [-0.1, -0.05) is 20.8 Å². The van der Waals surface area contributed by atoms with Crippen LogP contribution in [-0.2, 0) is 4.74 Å². The molecule has 2 heteroatoms. The summed E-state index contributed by atoms with van der Waals surface area (Å²) in [4.78, 5) is 0. The maximum Gasteiger partial charge on any atom is 0.0909 e. The number of hydrogen-bond donors (Lipinski definition) is 1. The van der Waals surface area contributed by atoms with E-state index in [1.54, 1.807) is 6.26 Å². The minimum atomic E-state index is -0.652. The molecular formula is C11H20O2. The molecule has 1 rings (SSSR count). The van der Waals surface area contributed by atoms with Gasteiger partial charge in [-0.2, -0.15) is 0 Å². The standard InChI is InChI=1S/C11H20O2/c1-4-11(12,9(2)3)10-6-5-7-13-8-10/h8-9,12H,4-7H2,1-3H3. The zero-order valence-corrected chi connectivity index (χ0v) is 8.84. The second kappa shape index (κ2) is 4.14. The number of hydrogen-bond acceptors (Lipinski definition) is 2. The first kappa shape index (κ1) is 10.6. The average molecular weight is 184 g/mol. The molecule has 0 aromatic heterocycles. The zero-order valence-electron chi connectivity index (χ0n) is 8.84. The summed E-state index contributed by atoms with van der Waals surface area (Å²) in [6.45, 7) is 6.93. The van der Waals surface area contributed by atoms with Crippen LogP contribution in [0.1, 0.15) is 40.0 Å². The predicted octanol–water partition coefficient (Wildman–Crippen LogP) is 2.48. The van der Waals surface area contributed by atoms with Gasteiger partial charge in [-0.25, -0.2) is 0 Å². The van der Waals surface area contributed by atoms with Gasteiger partial charge in [0.1, 0.15) is 0 Å². The molecule has 0 amide bonds. The Bertz CT molecular complexity index is 196. The van der Waals surface area contributed by atoms with Crippen LogP contribution in [-0.4, -0.2) is 17.3 Å². The molecule has 1 atom stereocenters. The predicted molar refractivity (Wildman–Crippen MR) is 53.3 cm³/mol. The van der Waals surface area contributed by atoms with Gasteiger partial charge in [0, 0.05) is 0 Å². The lowest BCUT2D eigenvalue weighted by Gasteiger charge is -2.35. The summed E-state index contributed by atoms with van der Waals surface area (Å²) >= 11 is 0. The monoisotopic (exact) mass is 184 g/mol. The summed E-state index contributed by atoms with van der Waals surface area (Å²) in [6, 6.07) is 0. The maximum atomic E-state index is 10.4. The van der Waals surface area contributed by atoms with Gasteiger partial charge >= 0.3 is 0 Å². The fourth-order valence-electron chi connectivity index (χ4n) is 1.89. The average Bonchev–Trinajstić information content (AvgIpc) is 2.17. The van der Waals surface area contributed by atoms with E-state index in [9.17, 15) is 5.11 Å². The Labute approximate surface area is 80.6 Å². The van der Waals surface area contributed by atoms with Gasteiger partial charge in [0.15, 0.2) is 0 Å². The van der Waals surface area contributed by atoms with E-state index in [1.807, 2.05) is 6.92 Å². The van der Waals surface area contributed by atoms with Crippen LogP contribution in [0.15, 0.2) is 11.8 Å². The van der Waals surface area contributed by atoms with Crippen molar-refractivity contribution in [3.8, 4) is 0 Å². The highest BCUT2D eigenvalue weighted by Gasteiger charge is 2.34. The molecule has 0 radical (unpaired) electrons. The van der Waals surface area contributed by atoms with Gasteiger partial charge in [-0.3, -0.25) is 0 Å². The van der Waals surface area contributed by atoms with E-state index in [0.717, 1.165) is 31.4 Å². The Morgan fingerprint density at radius 2 is 2.31 bits per heavy atom. The van der Waals surface area contributed by atoms with Crippen LogP contribution in [0.5, 0.6) is 0 Å². The number of rotatable bonds is 3. The molecule has 1 N–H and O–H groups in total. The summed E-state index contributed by atoms with van der Waals surface area (Å²) in [7, 11) is 0. The van der Waals surface area contributed by atoms with E-state index in [0.29, 0.717) is 0 Å². The van der Waals surface area contributed by atoms with Crippen molar-refractivity contribution in [2.24, 2.45) is 5.92 Å². The van der Waals surface area contributed by atoms with Crippen LogP contribution in [0.2, 0.25) is 0 Å². The molecule has 0 aromatic rings. The van der Waals surface area contributed by atoms with Crippen LogP contribution in [0, 0.1) is 5.92 Å². The van der Waals surface area contributed by atoms with Crippen molar-refractivity contribution >= 4 is 0 Å². The molecule has 0 fully saturated rings. The highest BCUT2D eigenvalue weighted by atomic mass is 16.5. The van der Waals surface area contributed by atoms with Gasteiger partial charge in [-0.05, 0) is 30.8 Å². The molecule has 76 valence electrons. The summed E-state index contributed by atoms with van der Waals surface area (Å²) < 4.78 is 5.26. The Kier molecular flexibility index (Phi) is 3.37. The largest absolute Gasteiger partial charge is 0.501 e. The van der Waals surface area contributed by atoms with Crippen molar-refractivity contribution in [1.29, 1.82) is 0 Å². The lowest BCUT2D eigenvalue weighted by Crippen LogP contribution is -2.37. The van der Waals surface area contributed by atoms with Crippen LogP contribution in [0.4, 0.5) is 0 Å². The molecule has 0 saturated heterocycles. The molecule has 1 heterocycles. The Morgan fingerprint density at radius 1 is 1.62 bits per heavy atom. The molecule has 0 spiro atoms. The third-order valence-corrected chi connectivity index (χ3v) is 2.98. The Hall–Kier alpha value is -0.500. The fourth-order valence-corrected chi connectivity index (χ4v) is 1.89. The van der Waals surface area contributed by atoms with Crippen molar-refractivity contribution < 1.29 is 9.84 Å². The summed E-state index contributed by atoms with van der Waals surface area (Å²) in [5, 5.41) is 10.4. The van der Waals surface area contributed by atoms with Gasteiger partial charge in [0.05, 0.1) is 18.5 Å². The quantitative estimate of drug-likeness (QED) is 0.730. The molecule has 1 aliphatic heterocycles. The first-order valence-corrected chi connectivity index (χ1v) is 5.14. The molecular weight excluding hydrogens is 164 g/mol. The van der Waals surface area contributed by atoms with Crippen LogP contribution in [0.25, 0.3) is 0 Å². The SMILES string of the molecule is CCC(O)(C1=COCCC1)C(C)C. The first-order valence-electron chi connectivity index (χ1n) is 5.14. The van der Waals surface area contributed by atoms with Crippen molar-refractivity contribution in [3.63, 3.8) is 0 Å². The highest BCUT2D eigenvalue weighted by molar-refractivity contribution is 5.16. The summed E-state index contributed by atoms with van der Waals surface area (Å²) in [5.41, 5.74) is 0.414. The summed E-state index contributed by atoms with van der Waals surface area (Å²) in [6.07, 6.45) is 4.52. The van der Waals surface area contributed by atoms with E-state index >= 15 is 0 Å². The smallest absolute Gasteiger partial charge is 0.0909 e. The van der Waals surface area contributed by atoms with E-state index in [4.69, 9.17) is 4.74 Å². The molecule has 2 nitrogen and oxygen atoms in total. The Morgan fingerprint density at radius 3 is 2.69 bits per heavy atom. The van der Waals surface area contributed by atoms with Crippen molar-refractivity contribution in [2.75, 3.05) is 6.61 Å². The molecule has 0 aliphatic carbocycles.